The highest BCUT2D eigenvalue weighted by Crippen LogP contribution is 2.33. The Morgan fingerprint density at radius 1 is 1.24 bits per heavy atom. The molecule has 148 valence electrons. The van der Waals surface area contributed by atoms with Gasteiger partial charge in [-0.25, -0.2) is 9.79 Å². The number of rotatable bonds is 4. The molecule has 7 heteroatoms. The monoisotopic (exact) mass is 424 g/mol. The second-order valence-corrected chi connectivity index (χ2v) is 8.72. The summed E-state index contributed by atoms with van der Waals surface area (Å²) in [4.78, 5) is 32.1. The summed E-state index contributed by atoms with van der Waals surface area (Å²) in [5.41, 5.74) is 2.97. The molecular weight excluding hydrogens is 404 g/mol. The van der Waals surface area contributed by atoms with Crippen molar-refractivity contribution in [3.63, 3.8) is 0 Å². The summed E-state index contributed by atoms with van der Waals surface area (Å²) < 4.78 is 7.49. The van der Waals surface area contributed by atoms with Crippen molar-refractivity contribution >= 4 is 34.7 Å². The molecule has 0 saturated heterocycles. The van der Waals surface area contributed by atoms with Gasteiger partial charge in [0.1, 0.15) is 6.04 Å². The summed E-state index contributed by atoms with van der Waals surface area (Å²) in [7, 11) is 0. The van der Waals surface area contributed by atoms with Crippen LogP contribution in [0.5, 0.6) is 0 Å². The number of aryl methyl sites for hydroxylation is 1. The molecule has 0 aliphatic carbocycles. The number of carbonyl (C=O) groups excluding carboxylic acids is 1. The summed E-state index contributed by atoms with van der Waals surface area (Å²) in [5, 5.41) is 1.94. The molecule has 0 spiro atoms. The largest absolute Gasteiger partial charge is 0.463 e. The number of allylic oxidation sites excluding steroid dienone is 1. The SMILES string of the molecule is CCOC(=O)C1=C(C)N=c2sc(=Cc3ccc(C)cc3)c(=O)n2[C@H]1c1cccs1. The molecule has 4 rings (SSSR count). The van der Waals surface area contributed by atoms with E-state index in [1.165, 1.54) is 22.7 Å². The number of esters is 1. The predicted octanol–water partition coefficient (Wildman–Crippen LogP) is 3.17. The highest BCUT2D eigenvalue weighted by atomic mass is 32.1. The van der Waals surface area contributed by atoms with Gasteiger partial charge in [0.25, 0.3) is 5.56 Å². The van der Waals surface area contributed by atoms with E-state index < -0.39 is 12.0 Å². The van der Waals surface area contributed by atoms with E-state index in [9.17, 15) is 9.59 Å². The van der Waals surface area contributed by atoms with E-state index in [4.69, 9.17) is 4.74 Å². The minimum Gasteiger partial charge on any atom is -0.463 e. The number of fused-ring (bicyclic) bond motifs is 1. The zero-order valence-corrected chi connectivity index (χ0v) is 18.0. The van der Waals surface area contributed by atoms with Gasteiger partial charge in [0.15, 0.2) is 4.80 Å². The van der Waals surface area contributed by atoms with Crippen LogP contribution >= 0.6 is 22.7 Å². The molecule has 0 N–H and O–H groups in total. The summed E-state index contributed by atoms with van der Waals surface area (Å²) in [6, 6.07) is 11.3. The van der Waals surface area contributed by atoms with E-state index in [2.05, 4.69) is 4.99 Å². The Balaban J connectivity index is 1.93. The third-order valence-corrected chi connectivity index (χ3v) is 6.61. The van der Waals surface area contributed by atoms with Gasteiger partial charge in [0, 0.05) is 4.88 Å². The topological polar surface area (TPSA) is 60.7 Å². The number of aromatic nitrogens is 1. The predicted molar refractivity (Wildman–Crippen MR) is 116 cm³/mol. The minimum absolute atomic E-state index is 0.151. The first-order valence-electron chi connectivity index (χ1n) is 9.29. The van der Waals surface area contributed by atoms with Crippen LogP contribution in [0.25, 0.3) is 6.08 Å². The molecule has 1 aliphatic rings. The van der Waals surface area contributed by atoms with E-state index >= 15 is 0 Å². The molecular formula is C22H20N2O3S2. The van der Waals surface area contributed by atoms with Crippen molar-refractivity contribution < 1.29 is 9.53 Å². The summed E-state index contributed by atoms with van der Waals surface area (Å²) in [6.45, 7) is 5.86. The van der Waals surface area contributed by atoms with Crippen LogP contribution in [-0.4, -0.2) is 17.1 Å². The lowest BCUT2D eigenvalue weighted by molar-refractivity contribution is -0.139. The van der Waals surface area contributed by atoms with Gasteiger partial charge in [0.2, 0.25) is 0 Å². The van der Waals surface area contributed by atoms with Crippen molar-refractivity contribution in [2.45, 2.75) is 26.8 Å². The zero-order valence-electron chi connectivity index (χ0n) is 16.3. The molecule has 29 heavy (non-hydrogen) atoms. The molecule has 5 nitrogen and oxygen atoms in total. The fraction of sp³-hybridized carbons (Fsp3) is 0.227. The van der Waals surface area contributed by atoms with Crippen LogP contribution < -0.4 is 14.9 Å². The number of thiophene rings is 1. The minimum atomic E-state index is -0.523. The normalized spacial score (nSPS) is 16.5. The van der Waals surface area contributed by atoms with Crippen molar-refractivity contribution in [1.82, 2.24) is 4.57 Å². The Hall–Kier alpha value is -2.77. The van der Waals surface area contributed by atoms with Crippen LogP contribution in [0.15, 0.2) is 62.8 Å². The molecule has 0 fully saturated rings. The van der Waals surface area contributed by atoms with Crippen LogP contribution in [0.1, 0.15) is 35.9 Å². The smallest absolute Gasteiger partial charge is 0.338 e. The number of hydrogen-bond acceptors (Lipinski definition) is 6. The van der Waals surface area contributed by atoms with Crippen LogP contribution in [0, 0.1) is 6.92 Å². The highest BCUT2D eigenvalue weighted by molar-refractivity contribution is 7.10. The molecule has 3 aromatic rings. The molecule has 0 amide bonds. The zero-order chi connectivity index (χ0) is 20.5. The Labute approximate surface area is 175 Å². The van der Waals surface area contributed by atoms with Gasteiger partial charge in [-0.1, -0.05) is 47.2 Å². The van der Waals surface area contributed by atoms with Crippen LogP contribution in [-0.2, 0) is 9.53 Å². The van der Waals surface area contributed by atoms with Gasteiger partial charge < -0.3 is 4.74 Å². The van der Waals surface area contributed by atoms with Gasteiger partial charge in [-0.05, 0) is 43.9 Å². The molecule has 0 saturated carbocycles. The molecule has 0 unspecified atom stereocenters. The third kappa shape index (κ3) is 3.63. The maximum Gasteiger partial charge on any atom is 0.338 e. The second-order valence-electron chi connectivity index (χ2n) is 6.73. The van der Waals surface area contributed by atoms with Crippen LogP contribution in [0.4, 0.5) is 0 Å². The Morgan fingerprint density at radius 2 is 2.00 bits per heavy atom. The average Bonchev–Trinajstić information content (AvgIpc) is 3.32. The van der Waals surface area contributed by atoms with E-state index in [-0.39, 0.29) is 12.2 Å². The number of hydrogen-bond donors (Lipinski definition) is 0. The van der Waals surface area contributed by atoms with Crippen LogP contribution in [0.2, 0.25) is 0 Å². The molecule has 0 radical (unpaired) electrons. The molecule has 2 aromatic heterocycles. The van der Waals surface area contributed by atoms with Crippen molar-refractivity contribution in [2.24, 2.45) is 4.99 Å². The lowest BCUT2D eigenvalue weighted by atomic mass is 10.0. The quantitative estimate of drug-likeness (QED) is 0.605. The number of benzene rings is 1. The fourth-order valence-corrected chi connectivity index (χ4v) is 5.19. The number of thiazole rings is 1. The second kappa shape index (κ2) is 7.93. The maximum atomic E-state index is 13.3. The van der Waals surface area contributed by atoms with E-state index in [1.54, 1.807) is 18.4 Å². The molecule has 1 atom stereocenters. The van der Waals surface area contributed by atoms with E-state index in [0.29, 0.717) is 20.6 Å². The molecule has 0 bridgehead atoms. The first kappa shape index (κ1) is 19.5. The Bertz CT molecular complexity index is 1260. The van der Waals surface area contributed by atoms with Gasteiger partial charge in [-0.3, -0.25) is 9.36 Å². The molecule has 1 aliphatic heterocycles. The highest BCUT2D eigenvalue weighted by Gasteiger charge is 2.33. The van der Waals surface area contributed by atoms with Gasteiger partial charge in [-0.2, -0.15) is 0 Å². The van der Waals surface area contributed by atoms with Crippen molar-refractivity contribution in [3.05, 3.63) is 88.7 Å². The number of carbonyl (C=O) groups is 1. The number of nitrogens with zero attached hydrogens (tertiary/aromatic N) is 2. The maximum absolute atomic E-state index is 13.3. The van der Waals surface area contributed by atoms with E-state index in [1.807, 2.05) is 54.8 Å². The first-order valence-corrected chi connectivity index (χ1v) is 11.0. The summed E-state index contributed by atoms with van der Waals surface area (Å²) in [5.74, 6) is -0.431. The fourth-order valence-electron chi connectivity index (χ4n) is 3.32. The molecule has 3 heterocycles. The van der Waals surface area contributed by atoms with Crippen LogP contribution in [0.3, 0.4) is 0 Å². The molecule has 1 aromatic carbocycles. The van der Waals surface area contributed by atoms with Gasteiger partial charge >= 0.3 is 5.97 Å². The van der Waals surface area contributed by atoms with E-state index in [0.717, 1.165) is 16.0 Å². The van der Waals surface area contributed by atoms with Crippen molar-refractivity contribution in [3.8, 4) is 0 Å². The standard InChI is InChI=1S/C22H20N2O3S2/c1-4-27-21(26)18-14(3)23-22-24(19(18)16-6-5-11-28-16)20(25)17(29-22)12-15-9-7-13(2)8-10-15/h5-12,19H,4H2,1-3H3/t19-/m0/s1. The Kier molecular flexibility index (Phi) is 5.34. The number of ether oxygens (including phenoxy) is 1. The Morgan fingerprint density at radius 3 is 2.66 bits per heavy atom. The summed E-state index contributed by atoms with van der Waals surface area (Å²) in [6.07, 6.45) is 1.87. The van der Waals surface area contributed by atoms with Gasteiger partial charge in [-0.15, -0.1) is 11.3 Å². The average molecular weight is 425 g/mol. The van der Waals surface area contributed by atoms with Gasteiger partial charge in [0.05, 0.1) is 22.4 Å². The summed E-state index contributed by atoms with van der Waals surface area (Å²) >= 11 is 2.85. The van der Waals surface area contributed by atoms with Crippen molar-refractivity contribution in [1.29, 1.82) is 0 Å². The lowest BCUT2D eigenvalue weighted by Gasteiger charge is -2.23. The van der Waals surface area contributed by atoms with Crippen molar-refractivity contribution in [2.75, 3.05) is 6.61 Å². The third-order valence-electron chi connectivity index (χ3n) is 4.70. The lowest BCUT2D eigenvalue weighted by Crippen LogP contribution is -2.39. The first-order chi connectivity index (χ1) is 14.0.